The molecule has 6 heteroatoms. The predicted molar refractivity (Wildman–Crippen MR) is 69.0 cm³/mol. The Balaban J connectivity index is 2.27. The Labute approximate surface area is 104 Å². The largest absolute Gasteiger partial charge is 0.398 e. The van der Waals surface area contributed by atoms with Crippen LogP contribution in [0, 0.1) is 0 Å². The summed E-state index contributed by atoms with van der Waals surface area (Å²) in [7, 11) is 1.90. The van der Waals surface area contributed by atoms with Crippen LogP contribution in [-0.4, -0.2) is 24.4 Å². The molecule has 0 radical (unpaired) electrons. The van der Waals surface area contributed by atoms with Crippen molar-refractivity contribution in [2.45, 2.75) is 13.3 Å². The van der Waals surface area contributed by atoms with Crippen LogP contribution in [0.2, 0.25) is 0 Å². The van der Waals surface area contributed by atoms with Gasteiger partial charge in [0, 0.05) is 25.1 Å². The molecule has 0 aliphatic rings. The summed E-state index contributed by atoms with van der Waals surface area (Å²) in [6, 6.07) is 3.67. The summed E-state index contributed by atoms with van der Waals surface area (Å²) in [5.41, 5.74) is 9.28. The first-order chi connectivity index (χ1) is 8.69. The molecule has 0 saturated heterocycles. The van der Waals surface area contributed by atoms with E-state index in [4.69, 9.17) is 5.73 Å². The molecule has 0 saturated carbocycles. The SMILES string of the molecule is CCc1nn(C)cc1-c1nnc2ccc(N)cn12. The number of hydrogen-bond acceptors (Lipinski definition) is 4. The third kappa shape index (κ3) is 1.54. The average molecular weight is 242 g/mol. The molecular weight excluding hydrogens is 228 g/mol. The van der Waals surface area contributed by atoms with Crippen LogP contribution in [0.1, 0.15) is 12.6 Å². The fourth-order valence-electron chi connectivity index (χ4n) is 2.07. The molecule has 6 nitrogen and oxygen atoms in total. The molecule has 92 valence electrons. The van der Waals surface area contributed by atoms with E-state index in [9.17, 15) is 0 Å². The topological polar surface area (TPSA) is 74.0 Å². The summed E-state index contributed by atoms with van der Waals surface area (Å²) in [5, 5.41) is 12.8. The van der Waals surface area contributed by atoms with Gasteiger partial charge in [-0.1, -0.05) is 6.92 Å². The van der Waals surface area contributed by atoms with Crippen LogP contribution >= 0.6 is 0 Å². The molecule has 3 aromatic heterocycles. The second kappa shape index (κ2) is 3.83. The first-order valence-electron chi connectivity index (χ1n) is 5.82. The highest BCUT2D eigenvalue weighted by molar-refractivity contribution is 5.62. The van der Waals surface area contributed by atoms with E-state index in [1.54, 1.807) is 4.68 Å². The fraction of sp³-hybridized carbons (Fsp3) is 0.250. The molecule has 18 heavy (non-hydrogen) atoms. The first kappa shape index (κ1) is 10.8. The van der Waals surface area contributed by atoms with E-state index >= 15 is 0 Å². The van der Waals surface area contributed by atoms with Gasteiger partial charge in [0.1, 0.15) is 0 Å². The molecule has 0 atom stereocenters. The number of nitrogens with zero attached hydrogens (tertiary/aromatic N) is 5. The lowest BCUT2D eigenvalue weighted by Crippen LogP contribution is -1.94. The summed E-state index contributed by atoms with van der Waals surface area (Å²) in [4.78, 5) is 0. The smallest absolute Gasteiger partial charge is 0.171 e. The summed E-state index contributed by atoms with van der Waals surface area (Å²) in [6.45, 7) is 2.07. The Morgan fingerprint density at radius 1 is 1.22 bits per heavy atom. The standard InChI is InChI=1S/C12H14N6/c1-3-10-9(7-17(2)16-10)12-15-14-11-5-4-8(13)6-18(11)12/h4-7H,3,13H2,1-2H3. The summed E-state index contributed by atoms with van der Waals surface area (Å²) in [6.07, 6.45) is 4.64. The van der Waals surface area contributed by atoms with Crippen molar-refractivity contribution in [3.63, 3.8) is 0 Å². The van der Waals surface area contributed by atoms with Gasteiger partial charge in [-0.2, -0.15) is 5.10 Å². The number of aryl methyl sites for hydroxylation is 2. The molecule has 3 aromatic rings. The summed E-state index contributed by atoms with van der Waals surface area (Å²) < 4.78 is 3.69. The molecule has 0 aromatic carbocycles. The number of hydrogen-bond donors (Lipinski definition) is 1. The highest BCUT2D eigenvalue weighted by atomic mass is 15.3. The Morgan fingerprint density at radius 2 is 2.06 bits per heavy atom. The number of nitrogens with two attached hydrogens (primary N) is 1. The van der Waals surface area contributed by atoms with Crippen LogP contribution in [0.5, 0.6) is 0 Å². The van der Waals surface area contributed by atoms with E-state index in [1.165, 1.54) is 0 Å². The molecule has 0 spiro atoms. The zero-order chi connectivity index (χ0) is 12.7. The van der Waals surface area contributed by atoms with E-state index in [0.29, 0.717) is 5.69 Å². The highest BCUT2D eigenvalue weighted by Crippen LogP contribution is 2.22. The number of nitrogen functional groups attached to an aromatic ring is 1. The van der Waals surface area contributed by atoms with Gasteiger partial charge in [0.15, 0.2) is 11.5 Å². The van der Waals surface area contributed by atoms with Crippen LogP contribution in [-0.2, 0) is 13.5 Å². The Morgan fingerprint density at radius 3 is 2.83 bits per heavy atom. The Hall–Kier alpha value is -2.37. The number of rotatable bonds is 2. The van der Waals surface area contributed by atoms with Crippen molar-refractivity contribution in [3.8, 4) is 11.4 Å². The lowest BCUT2D eigenvalue weighted by atomic mass is 10.2. The third-order valence-electron chi connectivity index (χ3n) is 2.91. The van der Waals surface area contributed by atoms with Crippen molar-refractivity contribution in [3.05, 3.63) is 30.2 Å². The van der Waals surface area contributed by atoms with E-state index in [2.05, 4.69) is 22.2 Å². The van der Waals surface area contributed by atoms with Gasteiger partial charge in [0.25, 0.3) is 0 Å². The monoisotopic (exact) mass is 242 g/mol. The van der Waals surface area contributed by atoms with Crippen molar-refractivity contribution in [1.29, 1.82) is 0 Å². The number of fused-ring (bicyclic) bond motifs is 1. The summed E-state index contributed by atoms with van der Waals surface area (Å²) in [5.74, 6) is 0.780. The molecule has 0 aliphatic carbocycles. The zero-order valence-corrected chi connectivity index (χ0v) is 10.3. The van der Waals surface area contributed by atoms with Gasteiger partial charge in [-0.3, -0.25) is 9.08 Å². The van der Waals surface area contributed by atoms with Crippen LogP contribution in [0.4, 0.5) is 5.69 Å². The van der Waals surface area contributed by atoms with Crippen LogP contribution in [0.25, 0.3) is 17.0 Å². The quantitative estimate of drug-likeness (QED) is 0.734. The molecule has 0 unspecified atom stereocenters. The van der Waals surface area contributed by atoms with Crippen LogP contribution in [0.15, 0.2) is 24.5 Å². The third-order valence-corrected chi connectivity index (χ3v) is 2.91. The van der Waals surface area contributed by atoms with Gasteiger partial charge in [-0.25, -0.2) is 0 Å². The van der Waals surface area contributed by atoms with Gasteiger partial charge in [0.2, 0.25) is 0 Å². The Kier molecular flexibility index (Phi) is 2.29. The number of anilines is 1. The lowest BCUT2D eigenvalue weighted by Gasteiger charge is -2.00. The lowest BCUT2D eigenvalue weighted by molar-refractivity contribution is 0.746. The van der Waals surface area contributed by atoms with E-state index in [-0.39, 0.29) is 0 Å². The molecule has 0 amide bonds. The van der Waals surface area contributed by atoms with Crippen molar-refractivity contribution in [2.75, 3.05) is 5.73 Å². The summed E-state index contributed by atoms with van der Waals surface area (Å²) >= 11 is 0. The maximum atomic E-state index is 5.81. The minimum absolute atomic E-state index is 0.686. The average Bonchev–Trinajstić information content (AvgIpc) is 2.91. The van der Waals surface area contributed by atoms with Gasteiger partial charge < -0.3 is 5.73 Å². The maximum absolute atomic E-state index is 5.81. The molecule has 0 aliphatic heterocycles. The second-order valence-corrected chi connectivity index (χ2v) is 4.23. The van der Waals surface area contributed by atoms with Crippen molar-refractivity contribution in [2.24, 2.45) is 7.05 Å². The minimum Gasteiger partial charge on any atom is -0.398 e. The minimum atomic E-state index is 0.686. The van der Waals surface area contributed by atoms with Gasteiger partial charge in [0.05, 0.1) is 11.3 Å². The fourth-order valence-corrected chi connectivity index (χ4v) is 2.07. The van der Waals surface area contributed by atoms with Gasteiger partial charge in [-0.15, -0.1) is 10.2 Å². The number of pyridine rings is 1. The van der Waals surface area contributed by atoms with Crippen molar-refractivity contribution in [1.82, 2.24) is 24.4 Å². The molecule has 2 N–H and O–H groups in total. The Bertz CT molecular complexity index is 709. The highest BCUT2D eigenvalue weighted by Gasteiger charge is 2.14. The zero-order valence-electron chi connectivity index (χ0n) is 10.3. The molecule has 0 bridgehead atoms. The van der Waals surface area contributed by atoms with Gasteiger partial charge >= 0.3 is 0 Å². The predicted octanol–water partition coefficient (Wildman–Crippen LogP) is 1.27. The van der Waals surface area contributed by atoms with Crippen molar-refractivity contribution < 1.29 is 0 Å². The normalized spacial score (nSPS) is 11.2. The first-order valence-corrected chi connectivity index (χ1v) is 5.82. The van der Waals surface area contributed by atoms with Crippen LogP contribution in [0.3, 0.4) is 0 Å². The molecule has 3 heterocycles. The number of aromatic nitrogens is 5. The second-order valence-electron chi connectivity index (χ2n) is 4.23. The maximum Gasteiger partial charge on any atom is 0.171 e. The van der Waals surface area contributed by atoms with E-state index in [1.807, 2.05) is 36.0 Å². The van der Waals surface area contributed by atoms with Gasteiger partial charge in [-0.05, 0) is 18.6 Å². The van der Waals surface area contributed by atoms with E-state index in [0.717, 1.165) is 29.1 Å². The molecule has 3 rings (SSSR count). The molecule has 0 fully saturated rings. The molecular formula is C12H14N6. The van der Waals surface area contributed by atoms with Crippen LogP contribution < -0.4 is 5.73 Å². The van der Waals surface area contributed by atoms with E-state index < -0.39 is 0 Å². The van der Waals surface area contributed by atoms with Crippen molar-refractivity contribution >= 4 is 11.3 Å².